The van der Waals surface area contributed by atoms with Crippen molar-refractivity contribution in [2.75, 3.05) is 19.6 Å². The van der Waals surface area contributed by atoms with Crippen LogP contribution in [0.4, 0.5) is 4.79 Å². The number of carboxylic acid groups (broad SMARTS) is 1. The van der Waals surface area contributed by atoms with Gasteiger partial charge in [-0.2, -0.15) is 0 Å². The lowest BCUT2D eigenvalue weighted by atomic mass is 10.1. The first-order valence-corrected chi connectivity index (χ1v) is 5.50. The molecular formula is C10H19N3O3. The molecule has 1 aliphatic heterocycles. The summed E-state index contributed by atoms with van der Waals surface area (Å²) >= 11 is 0. The summed E-state index contributed by atoms with van der Waals surface area (Å²) in [6, 6.07) is -0.536. The van der Waals surface area contributed by atoms with Crippen molar-refractivity contribution in [2.24, 2.45) is 11.7 Å². The second kappa shape index (κ2) is 5.69. The summed E-state index contributed by atoms with van der Waals surface area (Å²) in [6.07, 6.45) is 0.872. The summed E-state index contributed by atoms with van der Waals surface area (Å²) in [4.78, 5) is 23.8. The first-order valence-electron chi connectivity index (χ1n) is 5.50. The Balaban J connectivity index is 2.33. The van der Waals surface area contributed by atoms with Crippen LogP contribution in [-0.4, -0.2) is 47.7 Å². The lowest BCUT2D eigenvalue weighted by Gasteiger charge is -2.20. The topological polar surface area (TPSA) is 95.7 Å². The molecule has 0 bridgehead atoms. The maximum absolute atomic E-state index is 11.7. The van der Waals surface area contributed by atoms with Gasteiger partial charge < -0.3 is 21.1 Å². The number of nitrogens with two attached hydrogens (primary N) is 1. The number of carboxylic acids is 1. The highest BCUT2D eigenvalue weighted by Crippen LogP contribution is 2.14. The van der Waals surface area contributed by atoms with Gasteiger partial charge in [0, 0.05) is 19.1 Å². The van der Waals surface area contributed by atoms with Crippen molar-refractivity contribution < 1.29 is 14.7 Å². The van der Waals surface area contributed by atoms with Crippen LogP contribution in [0, 0.1) is 5.92 Å². The molecule has 4 N–H and O–H groups in total. The number of likely N-dealkylation sites (tertiary alicyclic amines) is 1. The van der Waals surface area contributed by atoms with Crippen molar-refractivity contribution in [3.8, 4) is 0 Å². The molecule has 92 valence electrons. The fourth-order valence-corrected chi connectivity index (χ4v) is 1.82. The quantitative estimate of drug-likeness (QED) is 0.624. The van der Waals surface area contributed by atoms with Crippen LogP contribution in [0.2, 0.25) is 0 Å². The van der Waals surface area contributed by atoms with Crippen molar-refractivity contribution in [2.45, 2.75) is 25.8 Å². The van der Waals surface area contributed by atoms with Gasteiger partial charge in [0.2, 0.25) is 0 Å². The maximum Gasteiger partial charge on any atom is 0.317 e. The number of urea groups is 1. The van der Waals surface area contributed by atoms with E-state index in [1.165, 1.54) is 0 Å². The predicted molar refractivity (Wildman–Crippen MR) is 59.0 cm³/mol. The number of carbonyl (C=O) groups excluding carboxylic acids is 1. The molecule has 1 saturated heterocycles. The molecule has 1 rings (SSSR count). The molecule has 6 nitrogen and oxygen atoms in total. The van der Waals surface area contributed by atoms with Crippen LogP contribution < -0.4 is 11.1 Å². The summed E-state index contributed by atoms with van der Waals surface area (Å²) in [5, 5.41) is 11.2. The highest BCUT2D eigenvalue weighted by atomic mass is 16.4. The molecule has 0 aliphatic carbocycles. The number of hydrogen-bond donors (Lipinski definition) is 3. The third-order valence-corrected chi connectivity index (χ3v) is 2.76. The predicted octanol–water partition coefficient (Wildman–Crippen LogP) is -0.160. The fraction of sp³-hybridized carbons (Fsp3) is 0.800. The van der Waals surface area contributed by atoms with E-state index in [1.807, 2.05) is 0 Å². The Kier molecular flexibility index (Phi) is 4.54. The number of carbonyl (C=O) groups is 2. The summed E-state index contributed by atoms with van der Waals surface area (Å²) in [5.41, 5.74) is 5.53. The van der Waals surface area contributed by atoms with E-state index < -0.39 is 5.97 Å². The van der Waals surface area contributed by atoms with Crippen LogP contribution >= 0.6 is 0 Å². The smallest absolute Gasteiger partial charge is 0.317 e. The van der Waals surface area contributed by atoms with Gasteiger partial charge in [-0.25, -0.2) is 4.79 Å². The molecule has 0 radical (unpaired) electrons. The van der Waals surface area contributed by atoms with E-state index in [-0.39, 0.29) is 18.5 Å². The van der Waals surface area contributed by atoms with Crippen molar-refractivity contribution >= 4 is 12.0 Å². The number of rotatable bonds is 4. The fourth-order valence-electron chi connectivity index (χ4n) is 1.82. The molecule has 0 aromatic carbocycles. The summed E-state index contributed by atoms with van der Waals surface area (Å²) in [5.74, 6) is -0.533. The molecule has 0 aromatic heterocycles. The Morgan fingerprint density at radius 1 is 1.62 bits per heavy atom. The van der Waals surface area contributed by atoms with Gasteiger partial charge in [-0.05, 0) is 25.8 Å². The van der Waals surface area contributed by atoms with E-state index in [4.69, 9.17) is 10.8 Å². The molecule has 0 saturated carbocycles. The number of aliphatic carboxylic acids is 1. The highest BCUT2D eigenvalue weighted by molar-refractivity contribution is 5.76. The molecule has 2 amide bonds. The third kappa shape index (κ3) is 3.69. The van der Waals surface area contributed by atoms with Crippen molar-refractivity contribution in [1.82, 2.24) is 10.2 Å². The van der Waals surface area contributed by atoms with Crippen molar-refractivity contribution in [3.63, 3.8) is 0 Å². The van der Waals surface area contributed by atoms with Crippen LogP contribution in [-0.2, 0) is 4.79 Å². The lowest BCUT2D eigenvalue weighted by Crippen LogP contribution is -2.43. The van der Waals surface area contributed by atoms with E-state index >= 15 is 0 Å². The van der Waals surface area contributed by atoms with Gasteiger partial charge >= 0.3 is 12.0 Å². The Bertz CT molecular complexity index is 270. The molecule has 1 aliphatic rings. The minimum absolute atomic E-state index is 0.0557. The molecule has 2 atom stereocenters. The molecule has 1 heterocycles. The van der Waals surface area contributed by atoms with E-state index in [0.29, 0.717) is 25.6 Å². The zero-order chi connectivity index (χ0) is 12.1. The van der Waals surface area contributed by atoms with E-state index in [0.717, 1.165) is 6.42 Å². The lowest BCUT2D eigenvalue weighted by molar-refractivity contribution is -0.137. The number of amides is 2. The van der Waals surface area contributed by atoms with Crippen molar-refractivity contribution in [1.29, 1.82) is 0 Å². The van der Waals surface area contributed by atoms with E-state index in [9.17, 15) is 9.59 Å². The average Bonchev–Trinajstić information content (AvgIpc) is 2.64. The minimum Gasteiger partial charge on any atom is -0.481 e. The molecule has 0 aromatic rings. The van der Waals surface area contributed by atoms with Gasteiger partial charge in [0.25, 0.3) is 0 Å². The Labute approximate surface area is 94.8 Å². The minimum atomic E-state index is -0.908. The summed E-state index contributed by atoms with van der Waals surface area (Å²) in [6.45, 7) is 3.65. The Hall–Kier alpha value is -1.30. The molecule has 6 heteroatoms. The van der Waals surface area contributed by atoms with E-state index in [1.54, 1.807) is 11.8 Å². The van der Waals surface area contributed by atoms with Crippen LogP contribution in [0.3, 0.4) is 0 Å². The van der Waals surface area contributed by atoms with Crippen molar-refractivity contribution in [3.05, 3.63) is 0 Å². The molecule has 0 spiro atoms. The van der Waals surface area contributed by atoms with Gasteiger partial charge in [0.1, 0.15) is 0 Å². The van der Waals surface area contributed by atoms with Gasteiger partial charge in [-0.3, -0.25) is 4.79 Å². The van der Waals surface area contributed by atoms with Gasteiger partial charge in [0.05, 0.1) is 6.42 Å². The zero-order valence-corrected chi connectivity index (χ0v) is 9.48. The molecular weight excluding hydrogens is 210 g/mol. The van der Waals surface area contributed by atoms with Gasteiger partial charge in [-0.15, -0.1) is 0 Å². The first-order chi connectivity index (χ1) is 7.52. The van der Waals surface area contributed by atoms with Crippen LogP contribution in [0.15, 0.2) is 0 Å². The maximum atomic E-state index is 11.7. The number of nitrogens with zero attached hydrogens (tertiary/aromatic N) is 1. The molecule has 16 heavy (non-hydrogen) atoms. The van der Waals surface area contributed by atoms with Crippen LogP contribution in [0.25, 0.3) is 0 Å². The standard InChI is InChI=1S/C10H19N3O3/c1-7(4-9(14)15)12-10(16)13-3-2-8(5-11)6-13/h7-8H,2-6,11H2,1H3,(H,12,16)(H,14,15). The third-order valence-electron chi connectivity index (χ3n) is 2.76. The Morgan fingerprint density at radius 2 is 2.31 bits per heavy atom. The number of hydrogen-bond acceptors (Lipinski definition) is 3. The molecule has 1 fully saturated rings. The average molecular weight is 229 g/mol. The highest BCUT2D eigenvalue weighted by Gasteiger charge is 2.26. The Morgan fingerprint density at radius 3 is 2.81 bits per heavy atom. The van der Waals surface area contributed by atoms with Crippen LogP contribution in [0.1, 0.15) is 19.8 Å². The van der Waals surface area contributed by atoms with Gasteiger partial charge in [-0.1, -0.05) is 0 Å². The second-order valence-corrected chi connectivity index (χ2v) is 4.28. The SMILES string of the molecule is CC(CC(=O)O)NC(=O)N1CCC(CN)C1. The summed E-state index contributed by atoms with van der Waals surface area (Å²) < 4.78 is 0. The first kappa shape index (κ1) is 12.8. The monoisotopic (exact) mass is 229 g/mol. The largest absolute Gasteiger partial charge is 0.481 e. The summed E-state index contributed by atoms with van der Waals surface area (Å²) in [7, 11) is 0. The zero-order valence-electron chi connectivity index (χ0n) is 9.48. The molecule has 2 unspecified atom stereocenters. The number of nitrogens with one attached hydrogen (secondary N) is 1. The van der Waals surface area contributed by atoms with Crippen LogP contribution in [0.5, 0.6) is 0 Å². The normalized spacial score (nSPS) is 21.9. The van der Waals surface area contributed by atoms with E-state index in [2.05, 4.69) is 5.32 Å². The second-order valence-electron chi connectivity index (χ2n) is 4.28. The van der Waals surface area contributed by atoms with Gasteiger partial charge in [0.15, 0.2) is 0 Å².